The number of amides is 1. The lowest BCUT2D eigenvalue weighted by Gasteiger charge is -2.38. The van der Waals surface area contributed by atoms with Gasteiger partial charge < -0.3 is 10.6 Å². The van der Waals surface area contributed by atoms with Crippen LogP contribution in [0, 0.1) is 5.92 Å². The number of nitrogens with two attached hydrogens (primary N) is 1. The summed E-state index contributed by atoms with van der Waals surface area (Å²) in [6.07, 6.45) is 4.64. The summed E-state index contributed by atoms with van der Waals surface area (Å²) in [5.74, 6) is 1.60. The first-order valence-corrected chi connectivity index (χ1v) is 6.54. The monoisotopic (exact) mass is 251 g/mol. The van der Waals surface area contributed by atoms with Gasteiger partial charge in [0.2, 0.25) is 5.91 Å². The number of H-pyrrole nitrogens is 1. The summed E-state index contributed by atoms with van der Waals surface area (Å²) in [7, 11) is 0. The second kappa shape index (κ2) is 5.95. The molecule has 1 amide bonds. The van der Waals surface area contributed by atoms with E-state index < -0.39 is 0 Å². The van der Waals surface area contributed by atoms with Crippen LogP contribution in [0.15, 0.2) is 6.33 Å². The van der Waals surface area contributed by atoms with Gasteiger partial charge in [0.25, 0.3) is 0 Å². The summed E-state index contributed by atoms with van der Waals surface area (Å²) >= 11 is 0. The van der Waals surface area contributed by atoms with Gasteiger partial charge in [0, 0.05) is 32.0 Å². The number of carbonyl (C=O) groups excluding carboxylic acids is 1. The molecule has 2 unspecified atom stereocenters. The standard InChI is InChI=1S/C12H21N5O/c1-9-4-5-17(10(6-9)7-13)12(18)3-2-11-14-8-15-16-11/h8-10H,2-7,13H2,1H3,(H,14,15,16). The quantitative estimate of drug-likeness (QED) is 0.807. The topological polar surface area (TPSA) is 87.9 Å². The number of piperidine rings is 1. The lowest BCUT2D eigenvalue weighted by Crippen LogP contribution is -2.49. The van der Waals surface area contributed by atoms with E-state index in [4.69, 9.17) is 5.73 Å². The van der Waals surface area contributed by atoms with E-state index in [0.29, 0.717) is 25.3 Å². The minimum Gasteiger partial charge on any atom is -0.338 e. The molecule has 18 heavy (non-hydrogen) atoms. The lowest BCUT2D eigenvalue weighted by atomic mass is 9.92. The molecule has 0 radical (unpaired) electrons. The Hall–Kier alpha value is -1.43. The smallest absolute Gasteiger partial charge is 0.223 e. The minimum absolute atomic E-state index is 0.175. The maximum absolute atomic E-state index is 12.2. The number of hydrogen-bond acceptors (Lipinski definition) is 4. The molecule has 0 aromatic carbocycles. The van der Waals surface area contributed by atoms with E-state index in [-0.39, 0.29) is 11.9 Å². The van der Waals surface area contributed by atoms with E-state index in [0.717, 1.165) is 25.2 Å². The van der Waals surface area contributed by atoms with Gasteiger partial charge in [-0.3, -0.25) is 9.89 Å². The molecular formula is C12H21N5O. The molecule has 1 fully saturated rings. The van der Waals surface area contributed by atoms with Gasteiger partial charge in [0.15, 0.2) is 0 Å². The van der Waals surface area contributed by atoms with Gasteiger partial charge in [-0.25, -0.2) is 4.98 Å². The number of hydrogen-bond donors (Lipinski definition) is 2. The Labute approximate surface area is 107 Å². The first kappa shape index (κ1) is 13.0. The fourth-order valence-electron chi connectivity index (χ4n) is 2.52. The highest BCUT2D eigenvalue weighted by Crippen LogP contribution is 2.22. The van der Waals surface area contributed by atoms with Crippen molar-refractivity contribution in [3.8, 4) is 0 Å². The number of likely N-dealkylation sites (tertiary alicyclic amines) is 1. The highest BCUT2D eigenvalue weighted by Gasteiger charge is 2.28. The van der Waals surface area contributed by atoms with Gasteiger partial charge in [-0.15, -0.1) is 0 Å². The lowest BCUT2D eigenvalue weighted by molar-refractivity contribution is -0.135. The van der Waals surface area contributed by atoms with Crippen LogP contribution in [-0.2, 0) is 11.2 Å². The fraction of sp³-hybridized carbons (Fsp3) is 0.750. The van der Waals surface area contributed by atoms with E-state index in [2.05, 4.69) is 22.1 Å². The van der Waals surface area contributed by atoms with Gasteiger partial charge in [-0.2, -0.15) is 5.10 Å². The van der Waals surface area contributed by atoms with Gasteiger partial charge in [0.1, 0.15) is 12.2 Å². The van der Waals surface area contributed by atoms with Crippen LogP contribution < -0.4 is 5.73 Å². The van der Waals surface area contributed by atoms with E-state index in [1.54, 1.807) is 0 Å². The van der Waals surface area contributed by atoms with Crippen LogP contribution in [0.25, 0.3) is 0 Å². The van der Waals surface area contributed by atoms with E-state index >= 15 is 0 Å². The van der Waals surface area contributed by atoms with Crippen molar-refractivity contribution < 1.29 is 4.79 Å². The summed E-state index contributed by atoms with van der Waals surface area (Å²) in [5.41, 5.74) is 5.76. The van der Waals surface area contributed by atoms with Crippen molar-refractivity contribution in [2.24, 2.45) is 11.7 Å². The summed E-state index contributed by atoms with van der Waals surface area (Å²) in [5, 5.41) is 6.54. The van der Waals surface area contributed by atoms with Crippen molar-refractivity contribution in [3.63, 3.8) is 0 Å². The van der Waals surface area contributed by atoms with Gasteiger partial charge in [0.05, 0.1) is 0 Å². The van der Waals surface area contributed by atoms with Crippen molar-refractivity contribution in [2.75, 3.05) is 13.1 Å². The molecule has 2 rings (SSSR count). The Bertz CT molecular complexity index is 378. The molecule has 0 aliphatic carbocycles. The summed E-state index contributed by atoms with van der Waals surface area (Å²) in [6, 6.07) is 0.205. The molecule has 2 atom stereocenters. The normalized spacial score (nSPS) is 24.2. The maximum atomic E-state index is 12.2. The van der Waals surface area contributed by atoms with Crippen LogP contribution in [0.2, 0.25) is 0 Å². The number of aryl methyl sites for hydroxylation is 1. The first-order chi connectivity index (χ1) is 8.70. The number of aromatic nitrogens is 3. The molecule has 1 aliphatic heterocycles. The van der Waals surface area contributed by atoms with Gasteiger partial charge in [-0.1, -0.05) is 6.92 Å². The molecule has 6 nitrogen and oxygen atoms in total. The average molecular weight is 251 g/mol. The van der Waals surface area contributed by atoms with Crippen LogP contribution in [0.4, 0.5) is 0 Å². The van der Waals surface area contributed by atoms with Crippen molar-refractivity contribution in [1.29, 1.82) is 0 Å². The van der Waals surface area contributed by atoms with Gasteiger partial charge in [-0.05, 0) is 18.8 Å². The third-order valence-corrected chi connectivity index (χ3v) is 3.61. The third-order valence-electron chi connectivity index (χ3n) is 3.61. The van der Waals surface area contributed by atoms with Crippen molar-refractivity contribution in [2.45, 2.75) is 38.6 Å². The van der Waals surface area contributed by atoms with E-state index in [1.165, 1.54) is 6.33 Å². The van der Waals surface area contributed by atoms with Gasteiger partial charge >= 0.3 is 0 Å². The molecule has 1 saturated heterocycles. The zero-order chi connectivity index (χ0) is 13.0. The number of nitrogens with zero attached hydrogens (tertiary/aromatic N) is 3. The third kappa shape index (κ3) is 3.07. The highest BCUT2D eigenvalue weighted by atomic mass is 16.2. The number of rotatable bonds is 4. The first-order valence-electron chi connectivity index (χ1n) is 6.54. The molecule has 0 spiro atoms. The predicted molar refractivity (Wildman–Crippen MR) is 67.7 cm³/mol. The Balaban J connectivity index is 1.87. The molecule has 6 heteroatoms. The van der Waals surface area contributed by atoms with Crippen LogP contribution in [-0.4, -0.2) is 45.1 Å². The molecule has 1 aliphatic rings. The molecule has 3 N–H and O–H groups in total. The summed E-state index contributed by atoms with van der Waals surface area (Å²) in [6.45, 7) is 3.61. The van der Waals surface area contributed by atoms with Crippen LogP contribution >= 0.6 is 0 Å². The average Bonchev–Trinajstić information content (AvgIpc) is 2.88. The number of nitrogens with one attached hydrogen (secondary N) is 1. The molecule has 0 saturated carbocycles. The van der Waals surface area contributed by atoms with Crippen molar-refractivity contribution >= 4 is 5.91 Å². The van der Waals surface area contributed by atoms with E-state index in [9.17, 15) is 4.79 Å². The van der Waals surface area contributed by atoms with Crippen molar-refractivity contribution in [1.82, 2.24) is 20.1 Å². The molecule has 2 heterocycles. The largest absolute Gasteiger partial charge is 0.338 e. The predicted octanol–water partition coefficient (Wildman–Crippen LogP) is 0.323. The minimum atomic E-state index is 0.175. The Morgan fingerprint density at radius 2 is 2.50 bits per heavy atom. The Morgan fingerprint density at radius 3 is 3.17 bits per heavy atom. The van der Waals surface area contributed by atoms with Crippen molar-refractivity contribution in [3.05, 3.63) is 12.2 Å². The number of aromatic amines is 1. The Morgan fingerprint density at radius 1 is 1.67 bits per heavy atom. The number of carbonyl (C=O) groups is 1. The van der Waals surface area contributed by atoms with E-state index in [1.807, 2.05) is 4.90 Å². The van der Waals surface area contributed by atoms with Crippen LogP contribution in [0.3, 0.4) is 0 Å². The highest BCUT2D eigenvalue weighted by molar-refractivity contribution is 5.76. The Kier molecular flexibility index (Phi) is 4.30. The molecule has 100 valence electrons. The van der Waals surface area contributed by atoms with Crippen LogP contribution in [0.1, 0.15) is 32.0 Å². The summed E-state index contributed by atoms with van der Waals surface area (Å²) < 4.78 is 0. The molecular weight excluding hydrogens is 230 g/mol. The second-order valence-electron chi connectivity index (χ2n) is 5.04. The maximum Gasteiger partial charge on any atom is 0.223 e. The zero-order valence-electron chi connectivity index (χ0n) is 10.8. The second-order valence-corrected chi connectivity index (χ2v) is 5.04. The van der Waals surface area contributed by atoms with Crippen LogP contribution in [0.5, 0.6) is 0 Å². The zero-order valence-corrected chi connectivity index (χ0v) is 10.8. The molecule has 1 aromatic heterocycles. The molecule has 0 bridgehead atoms. The molecule has 1 aromatic rings. The SMILES string of the molecule is CC1CCN(C(=O)CCc2ncn[nH]2)C(CN)C1. The fourth-order valence-corrected chi connectivity index (χ4v) is 2.52. The summed E-state index contributed by atoms with van der Waals surface area (Å²) in [4.78, 5) is 18.1.